The molecule has 0 saturated carbocycles. The number of hydrogen-bond acceptors (Lipinski definition) is 1. The summed E-state index contributed by atoms with van der Waals surface area (Å²) in [4.78, 5) is 0. The van der Waals surface area contributed by atoms with Gasteiger partial charge in [-0.05, 0) is 68.1 Å². The summed E-state index contributed by atoms with van der Waals surface area (Å²) in [5, 5.41) is 4.13. The molecule has 0 amide bonds. The molecule has 4 heteroatoms. The van der Waals surface area contributed by atoms with Gasteiger partial charge in [0.2, 0.25) is 0 Å². The minimum atomic E-state index is 0.746. The number of hydrogen-bond donors (Lipinski definition) is 1. The molecule has 2 aromatic rings. The second-order valence-corrected chi connectivity index (χ2v) is 6.15. The topological polar surface area (TPSA) is 12.0 Å². The highest BCUT2D eigenvalue weighted by Crippen LogP contribution is 2.27. The average molecular weight is 390 g/mol. The van der Waals surface area contributed by atoms with Gasteiger partial charge in [-0.15, -0.1) is 0 Å². The maximum absolute atomic E-state index is 6.17. The van der Waals surface area contributed by atoms with Crippen LogP contribution in [0.2, 0.25) is 5.02 Å². The molecule has 1 N–H and O–H groups in total. The maximum Gasteiger partial charge on any atom is 0.0640 e. The van der Waals surface area contributed by atoms with Crippen LogP contribution in [0.1, 0.15) is 11.1 Å². The maximum atomic E-state index is 6.17. The van der Waals surface area contributed by atoms with E-state index in [4.69, 9.17) is 11.6 Å². The van der Waals surface area contributed by atoms with E-state index in [0.29, 0.717) is 0 Å². The highest BCUT2D eigenvalue weighted by molar-refractivity contribution is 9.13. The monoisotopic (exact) mass is 387 g/mol. The van der Waals surface area contributed by atoms with Gasteiger partial charge in [0.1, 0.15) is 0 Å². The molecule has 2 aromatic carbocycles. The molecular formula is C14H12Br2ClN. The van der Waals surface area contributed by atoms with Crippen LogP contribution in [0.4, 0.5) is 5.69 Å². The van der Waals surface area contributed by atoms with Gasteiger partial charge in [-0.3, -0.25) is 0 Å². The molecule has 18 heavy (non-hydrogen) atoms. The fourth-order valence-electron chi connectivity index (χ4n) is 1.70. The molecule has 0 saturated heterocycles. The second kappa shape index (κ2) is 6.09. The minimum absolute atomic E-state index is 0.746. The summed E-state index contributed by atoms with van der Waals surface area (Å²) in [6.07, 6.45) is 0. The van der Waals surface area contributed by atoms with E-state index in [0.717, 1.165) is 31.8 Å². The Bertz CT molecular complexity index is 549. The van der Waals surface area contributed by atoms with Crippen molar-refractivity contribution in [2.24, 2.45) is 0 Å². The number of halogens is 3. The van der Waals surface area contributed by atoms with Crippen molar-refractivity contribution >= 4 is 49.1 Å². The largest absolute Gasteiger partial charge is 0.380 e. The van der Waals surface area contributed by atoms with Crippen LogP contribution < -0.4 is 5.32 Å². The van der Waals surface area contributed by atoms with Crippen LogP contribution in [-0.2, 0) is 6.54 Å². The second-order valence-electron chi connectivity index (χ2n) is 4.03. The first kappa shape index (κ1) is 13.9. The summed E-state index contributed by atoms with van der Waals surface area (Å²) in [7, 11) is 0. The lowest BCUT2D eigenvalue weighted by molar-refractivity contribution is 1.13. The summed E-state index contributed by atoms with van der Waals surface area (Å²) in [6.45, 7) is 2.79. The molecule has 0 unspecified atom stereocenters. The smallest absolute Gasteiger partial charge is 0.0640 e. The lowest BCUT2D eigenvalue weighted by Crippen LogP contribution is -2.01. The first-order valence-electron chi connectivity index (χ1n) is 5.51. The fourth-order valence-corrected chi connectivity index (χ4v) is 2.66. The Morgan fingerprint density at radius 2 is 1.89 bits per heavy atom. The predicted molar refractivity (Wildman–Crippen MR) is 85.4 cm³/mol. The number of nitrogens with one attached hydrogen (secondary N) is 1. The zero-order valence-corrected chi connectivity index (χ0v) is 13.7. The molecule has 0 radical (unpaired) electrons. The molecule has 1 nitrogen and oxygen atoms in total. The van der Waals surface area contributed by atoms with Crippen LogP contribution >= 0.6 is 43.5 Å². The predicted octanol–water partition coefficient (Wildman–Crippen LogP) is 5.79. The van der Waals surface area contributed by atoms with Gasteiger partial charge in [0.05, 0.1) is 10.7 Å². The van der Waals surface area contributed by atoms with E-state index in [1.54, 1.807) is 0 Å². The molecule has 0 bridgehead atoms. The summed E-state index contributed by atoms with van der Waals surface area (Å²) >= 11 is 13.1. The van der Waals surface area contributed by atoms with Crippen LogP contribution in [0, 0.1) is 6.92 Å². The molecule has 0 aliphatic rings. The Morgan fingerprint density at radius 1 is 1.11 bits per heavy atom. The highest BCUT2D eigenvalue weighted by atomic mass is 79.9. The fraction of sp³-hybridized carbons (Fsp3) is 0.143. The SMILES string of the molecule is Cc1cccc(Cl)c1NCc1ccc(Br)c(Br)c1. The minimum Gasteiger partial charge on any atom is -0.380 e. The quantitative estimate of drug-likeness (QED) is 0.701. The third-order valence-corrected chi connectivity index (χ3v) is 4.87. The molecule has 0 aliphatic carbocycles. The Balaban J connectivity index is 2.14. The number of anilines is 1. The van der Waals surface area contributed by atoms with Crippen molar-refractivity contribution in [3.8, 4) is 0 Å². The van der Waals surface area contributed by atoms with Crippen molar-refractivity contribution < 1.29 is 0 Å². The number of aryl methyl sites for hydroxylation is 1. The molecule has 0 atom stereocenters. The lowest BCUT2D eigenvalue weighted by atomic mass is 10.2. The summed E-state index contributed by atoms with van der Waals surface area (Å²) in [5.41, 5.74) is 3.35. The molecule has 0 fully saturated rings. The van der Waals surface area contributed by atoms with E-state index < -0.39 is 0 Å². The van der Waals surface area contributed by atoms with Crippen LogP contribution in [0.25, 0.3) is 0 Å². The average Bonchev–Trinajstić information content (AvgIpc) is 2.33. The number of para-hydroxylation sites is 1. The van der Waals surface area contributed by atoms with Gasteiger partial charge < -0.3 is 5.32 Å². The summed E-state index contributed by atoms with van der Waals surface area (Å²) in [5.74, 6) is 0. The number of benzene rings is 2. The van der Waals surface area contributed by atoms with Crippen LogP contribution in [0.3, 0.4) is 0 Å². The van der Waals surface area contributed by atoms with Gasteiger partial charge in [-0.2, -0.15) is 0 Å². The van der Waals surface area contributed by atoms with Gasteiger partial charge in [-0.25, -0.2) is 0 Å². The summed E-state index contributed by atoms with van der Waals surface area (Å²) < 4.78 is 2.11. The van der Waals surface area contributed by atoms with Crippen molar-refractivity contribution in [3.63, 3.8) is 0 Å². The van der Waals surface area contributed by atoms with E-state index in [2.05, 4.69) is 49.3 Å². The van der Waals surface area contributed by atoms with Gasteiger partial charge in [0.25, 0.3) is 0 Å². The Labute approximate surface area is 129 Å². The summed E-state index contributed by atoms with van der Waals surface area (Å²) in [6, 6.07) is 12.1. The molecular weight excluding hydrogens is 377 g/mol. The number of rotatable bonds is 3. The molecule has 0 spiro atoms. The Hall–Kier alpha value is -0.510. The Morgan fingerprint density at radius 3 is 2.56 bits per heavy atom. The molecule has 0 aliphatic heterocycles. The van der Waals surface area contributed by atoms with Crippen molar-refractivity contribution in [3.05, 3.63) is 61.5 Å². The van der Waals surface area contributed by atoms with E-state index in [1.165, 1.54) is 5.56 Å². The zero-order chi connectivity index (χ0) is 13.1. The van der Waals surface area contributed by atoms with Crippen LogP contribution in [0.15, 0.2) is 45.3 Å². The molecule has 0 aromatic heterocycles. The van der Waals surface area contributed by atoms with Crippen LogP contribution in [-0.4, -0.2) is 0 Å². The van der Waals surface area contributed by atoms with E-state index >= 15 is 0 Å². The van der Waals surface area contributed by atoms with Gasteiger partial charge in [0.15, 0.2) is 0 Å². The van der Waals surface area contributed by atoms with Gasteiger partial charge in [-0.1, -0.05) is 29.8 Å². The van der Waals surface area contributed by atoms with Gasteiger partial charge >= 0.3 is 0 Å². The Kier molecular flexibility index (Phi) is 4.71. The van der Waals surface area contributed by atoms with Crippen molar-refractivity contribution in [2.45, 2.75) is 13.5 Å². The normalized spacial score (nSPS) is 10.4. The van der Waals surface area contributed by atoms with E-state index in [9.17, 15) is 0 Å². The standard InChI is InChI=1S/C14H12Br2ClN/c1-9-3-2-4-13(17)14(9)18-8-10-5-6-11(15)12(16)7-10/h2-7,18H,8H2,1H3. The molecule has 0 heterocycles. The first-order chi connectivity index (χ1) is 8.58. The molecule has 94 valence electrons. The van der Waals surface area contributed by atoms with Crippen molar-refractivity contribution in [1.29, 1.82) is 0 Å². The molecule has 2 rings (SSSR count). The van der Waals surface area contributed by atoms with Crippen molar-refractivity contribution in [1.82, 2.24) is 0 Å². The van der Waals surface area contributed by atoms with Gasteiger partial charge in [0, 0.05) is 15.5 Å². The first-order valence-corrected chi connectivity index (χ1v) is 7.47. The van der Waals surface area contributed by atoms with E-state index in [-0.39, 0.29) is 0 Å². The highest BCUT2D eigenvalue weighted by Gasteiger charge is 2.04. The van der Waals surface area contributed by atoms with E-state index in [1.807, 2.05) is 31.2 Å². The van der Waals surface area contributed by atoms with Crippen LogP contribution in [0.5, 0.6) is 0 Å². The third kappa shape index (κ3) is 3.28. The third-order valence-electron chi connectivity index (χ3n) is 2.68. The zero-order valence-electron chi connectivity index (χ0n) is 9.81. The lowest BCUT2D eigenvalue weighted by Gasteiger charge is -2.12. The van der Waals surface area contributed by atoms with Crippen molar-refractivity contribution in [2.75, 3.05) is 5.32 Å².